The van der Waals surface area contributed by atoms with Gasteiger partial charge in [0.1, 0.15) is 6.04 Å². The number of urea groups is 1. The molecule has 0 spiro atoms. The van der Waals surface area contributed by atoms with Gasteiger partial charge in [-0.1, -0.05) is 27.2 Å². The maximum absolute atomic E-state index is 12.3. The summed E-state index contributed by atoms with van der Waals surface area (Å²) in [6, 6.07) is -1.15. The number of nitrogens with one attached hydrogen (secondary N) is 1. The van der Waals surface area contributed by atoms with Crippen LogP contribution < -0.4 is 5.32 Å². The van der Waals surface area contributed by atoms with Gasteiger partial charge in [0.25, 0.3) is 0 Å². The van der Waals surface area contributed by atoms with Crippen molar-refractivity contribution in [1.82, 2.24) is 10.2 Å². The molecule has 4 unspecified atom stereocenters. The van der Waals surface area contributed by atoms with Gasteiger partial charge in [-0.25, -0.2) is 9.59 Å². The zero-order chi connectivity index (χ0) is 15.8. The van der Waals surface area contributed by atoms with Gasteiger partial charge in [0.2, 0.25) is 0 Å². The molecule has 0 aromatic rings. The fourth-order valence-corrected chi connectivity index (χ4v) is 3.92. The molecule has 0 aromatic heterocycles. The molecule has 2 aliphatic rings. The Labute approximate surface area is 127 Å². The molecule has 0 saturated heterocycles. The van der Waals surface area contributed by atoms with E-state index >= 15 is 0 Å². The van der Waals surface area contributed by atoms with E-state index in [0.717, 1.165) is 18.4 Å². The van der Waals surface area contributed by atoms with Crippen LogP contribution in [0.2, 0.25) is 0 Å². The van der Waals surface area contributed by atoms with Crippen LogP contribution in [0.25, 0.3) is 0 Å². The molecule has 0 aliphatic heterocycles. The molecule has 4 atom stereocenters. The van der Waals surface area contributed by atoms with E-state index in [1.807, 2.05) is 20.8 Å². The summed E-state index contributed by atoms with van der Waals surface area (Å²) in [5.41, 5.74) is -0.505. The smallest absolute Gasteiger partial charge is 0.326 e. The molecule has 2 fully saturated rings. The Hall–Kier alpha value is -1.26. The first-order chi connectivity index (χ1) is 9.68. The Morgan fingerprint density at radius 3 is 2.38 bits per heavy atom. The van der Waals surface area contributed by atoms with Crippen molar-refractivity contribution < 1.29 is 14.7 Å². The maximum Gasteiger partial charge on any atom is 0.326 e. The number of hydrogen-bond donors (Lipinski definition) is 2. The number of rotatable bonds is 4. The zero-order valence-corrected chi connectivity index (χ0v) is 13.6. The van der Waals surface area contributed by atoms with Gasteiger partial charge < -0.3 is 15.3 Å². The fraction of sp³-hybridized carbons (Fsp3) is 0.875. The van der Waals surface area contributed by atoms with Crippen molar-refractivity contribution in [2.75, 3.05) is 13.6 Å². The van der Waals surface area contributed by atoms with Crippen LogP contribution in [0.3, 0.4) is 0 Å². The molecule has 0 heterocycles. The van der Waals surface area contributed by atoms with E-state index in [1.165, 1.54) is 25.7 Å². The first-order valence-corrected chi connectivity index (χ1v) is 7.93. The van der Waals surface area contributed by atoms with Crippen molar-refractivity contribution in [3.05, 3.63) is 0 Å². The third-order valence-corrected chi connectivity index (χ3v) is 5.12. The van der Waals surface area contributed by atoms with Gasteiger partial charge in [0, 0.05) is 13.6 Å². The van der Waals surface area contributed by atoms with E-state index in [9.17, 15) is 14.7 Å². The van der Waals surface area contributed by atoms with Crippen LogP contribution in [0.1, 0.15) is 46.5 Å². The summed E-state index contributed by atoms with van der Waals surface area (Å²) in [6.45, 7) is 6.20. The number of fused-ring (bicyclic) bond motifs is 2. The van der Waals surface area contributed by atoms with Crippen molar-refractivity contribution in [1.29, 1.82) is 0 Å². The second-order valence-corrected chi connectivity index (χ2v) is 7.90. The first-order valence-electron chi connectivity index (χ1n) is 7.93. The van der Waals surface area contributed by atoms with Gasteiger partial charge in [-0.15, -0.1) is 0 Å². The molecule has 2 bridgehead atoms. The van der Waals surface area contributed by atoms with Gasteiger partial charge in [-0.05, 0) is 42.4 Å². The second-order valence-electron chi connectivity index (χ2n) is 7.90. The van der Waals surface area contributed by atoms with Crippen molar-refractivity contribution in [3.63, 3.8) is 0 Å². The second kappa shape index (κ2) is 5.85. The molecule has 2 aliphatic carbocycles. The largest absolute Gasteiger partial charge is 0.480 e. The average Bonchev–Trinajstić information content (AvgIpc) is 2.95. The van der Waals surface area contributed by atoms with Crippen LogP contribution >= 0.6 is 0 Å². The van der Waals surface area contributed by atoms with Crippen molar-refractivity contribution in [2.45, 2.75) is 52.5 Å². The number of carboxylic acid groups (broad SMARTS) is 1. The van der Waals surface area contributed by atoms with E-state index in [-0.39, 0.29) is 6.03 Å². The molecular weight excluding hydrogens is 268 g/mol. The molecule has 5 nitrogen and oxygen atoms in total. The van der Waals surface area contributed by atoms with Crippen LogP contribution in [-0.4, -0.2) is 41.6 Å². The van der Waals surface area contributed by atoms with Crippen molar-refractivity contribution in [3.8, 4) is 0 Å². The molecular formula is C16H28N2O3. The Balaban J connectivity index is 1.88. The lowest BCUT2D eigenvalue weighted by Gasteiger charge is -2.32. The summed E-state index contributed by atoms with van der Waals surface area (Å²) in [4.78, 5) is 25.2. The number of carboxylic acids is 1. The summed E-state index contributed by atoms with van der Waals surface area (Å²) in [6.07, 6.45) is 5.19. The number of carbonyl (C=O) groups excluding carboxylic acids is 1. The molecule has 2 rings (SSSR count). The predicted octanol–water partition coefficient (Wildman–Crippen LogP) is 2.56. The highest BCUT2D eigenvalue weighted by molar-refractivity contribution is 5.83. The standard InChI is InChI=1S/C16H28N2O3/c1-16(2,3)13(14(19)20)17-15(21)18(4)9-12-8-10-5-6-11(12)7-10/h10-13H,5-9H2,1-4H3,(H,17,21)(H,19,20). The molecule has 2 N–H and O–H groups in total. The number of amides is 2. The molecule has 21 heavy (non-hydrogen) atoms. The van der Waals surface area contributed by atoms with Crippen LogP contribution in [-0.2, 0) is 4.79 Å². The molecule has 5 heteroatoms. The van der Waals surface area contributed by atoms with Gasteiger partial charge in [-0.3, -0.25) is 0 Å². The highest BCUT2D eigenvalue weighted by Gasteiger charge is 2.40. The summed E-state index contributed by atoms with van der Waals surface area (Å²) in [5, 5.41) is 11.9. The predicted molar refractivity (Wildman–Crippen MR) is 81.0 cm³/mol. The van der Waals surface area contributed by atoms with Crippen LogP contribution in [0, 0.1) is 23.2 Å². The van der Waals surface area contributed by atoms with E-state index in [4.69, 9.17) is 0 Å². The molecule has 0 aromatic carbocycles. The maximum atomic E-state index is 12.3. The van der Waals surface area contributed by atoms with Crippen LogP contribution in [0.15, 0.2) is 0 Å². The van der Waals surface area contributed by atoms with E-state index in [1.54, 1.807) is 11.9 Å². The minimum atomic E-state index is -0.982. The van der Waals surface area contributed by atoms with E-state index in [0.29, 0.717) is 5.92 Å². The Kier molecular flexibility index (Phi) is 4.49. The molecule has 0 radical (unpaired) electrons. The van der Waals surface area contributed by atoms with Crippen molar-refractivity contribution in [2.24, 2.45) is 23.2 Å². The zero-order valence-electron chi connectivity index (χ0n) is 13.6. The Morgan fingerprint density at radius 2 is 1.95 bits per heavy atom. The summed E-state index contributed by atoms with van der Waals surface area (Å²) in [7, 11) is 1.77. The SMILES string of the molecule is CN(CC1CC2CCC1C2)C(=O)NC(C(=O)O)C(C)(C)C. The average molecular weight is 296 g/mol. The van der Waals surface area contributed by atoms with Crippen molar-refractivity contribution >= 4 is 12.0 Å². The van der Waals surface area contributed by atoms with Gasteiger partial charge >= 0.3 is 12.0 Å². The number of nitrogens with zero attached hydrogens (tertiary/aromatic N) is 1. The minimum Gasteiger partial charge on any atom is -0.480 e. The number of carbonyl (C=O) groups is 2. The summed E-state index contributed by atoms with van der Waals surface area (Å²) < 4.78 is 0. The van der Waals surface area contributed by atoms with Gasteiger partial charge in [0.05, 0.1) is 0 Å². The topological polar surface area (TPSA) is 69.6 Å². The van der Waals surface area contributed by atoms with E-state index < -0.39 is 17.4 Å². The quantitative estimate of drug-likeness (QED) is 0.837. The third-order valence-electron chi connectivity index (χ3n) is 5.12. The summed E-state index contributed by atoms with van der Waals surface area (Å²) >= 11 is 0. The minimum absolute atomic E-state index is 0.278. The normalized spacial score (nSPS) is 29.2. The number of aliphatic carboxylic acids is 1. The van der Waals surface area contributed by atoms with Gasteiger partial charge in [0.15, 0.2) is 0 Å². The monoisotopic (exact) mass is 296 g/mol. The molecule has 120 valence electrons. The fourth-order valence-electron chi connectivity index (χ4n) is 3.92. The number of hydrogen-bond acceptors (Lipinski definition) is 2. The van der Waals surface area contributed by atoms with E-state index in [2.05, 4.69) is 5.32 Å². The highest BCUT2D eigenvalue weighted by Crippen LogP contribution is 2.48. The molecule has 2 saturated carbocycles. The van der Waals surface area contributed by atoms with Gasteiger partial charge in [-0.2, -0.15) is 0 Å². The van der Waals surface area contributed by atoms with Crippen LogP contribution in [0.4, 0.5) is 4.79 Å². The third kappa shape index (κ3) is 3.69. The highest BCUT2D eigenvalue weighted by atomic mass is 16.4. The van der Waals surface area contributed by atoms with Crippen LogP contribution in [0.5, 0.6) is 0 Å². The first kappa shape index (κ1) is 16.1. The Bertz CT molecular complexity index is 416. The lowest BCUT2D eigenvalue weighted by Crippen LogP contribution is -2.53. The molecule has 2 amide bonds. The lowest BCUT2D eigenvalue weighted by molar-refractivity contribution is -0.142. The Morgan fingerprint density at radius 1 is 1.29 bits per heavy atom. The lowest BCUT2D eigenvalue weighted by atomic mass is 9.87. The summed E-state index contributed by atoms with van der Waals surface area (Å²) in [5.74, 6) is 1.24.